The number of imidazole rings is 1. The predicted molar refractivity (Wildman–Crippen MR) is 93.3 cm³/mol. The van der Waals surface area contributed by atoms with Crippen molar-refractivity contribution >= 4 is 17.1 Å². The fourth-order valence-corrected chi connectivity index (χ4v) is 3.50. The number of morpholine rings is 1. The van der Waals surface area contributed by atoms with Crippen LogP contribution in [0.2, 0.25) is 0 Å². The van der Waals surface area contributed by atoms with Crippen LogP contribution in [-0.4, -0.2) is 59.4 Å². The minimum absolute atomic E-state index is 0.0245. The van der Waals surface area contributed by atoms with Gasteiger partial charge in [0.15, 0.2) is 0 Å². The molecule has 2 N–H and O–H groups in total. The average Bonchev–Trinajstić information content (AvgIpc) is 3.31. The van der Waals surface area contributed by atoms with Crippen LogP contribution in [0.15, 0.2) is 24.3 Å². The van der Waals surface area contributed by atoms with Crippen molar-refractivity contribution in [2.75, 3.05) is 26.3 Å². The third kappa shape index (κ3) is 3.48. The number of benzene rings is 1. The summed E-state index contributed by atoms with van der Waals surface area (Å²) in [5.74, 6) is 0.762. The van der Waals surface area contributed by atoms with Crippen molar-refractivity contribution in [1.29, 1.82) is 0 Å². The Balaban J connectivity index is 1.38. The largest absolute Gasteiger partial charge is 0.375 e. The summed E-state index contributed by atoms with van der Waals surface area (Å²) in [6, 6.07) is 7.58. The van der Waals surface area contributed by atoms with Crippen molar-refractivity contribution in [3.05, 3.63) is 30.1 Å². The van der Waals surface area contributed by atoms with Crippen LogP contribution in [0, 0.1) is 0 Å². The lowest BCUT2D eigenvalue weighted by atomic mass is 10.1. The van der Waals surface area contributed by atoms with E-state index in [0.717, 1.165) is 36.3 Å². The summed E-state index contributed by atoms with van der Waals surface area (Å²) in [7, 11) is 0. The molecule has 25 heavy (non-hydrogen) atoms. The number of amides is 2. The standard InChI is InChI=1S/C18H24N4O3/c1-12(17-20-13-5-2-3-6-14(13)21-17)19-18(23)22-8-10-25-16(11-22)15-7-4-9-24-15/h2-3,5-6,12,15-16H,4,7-11H2,1H3,(H,19,23)(H,20,21). The molecule has 2 aromatic rings. The molecule has 2 saturated heterocycles. The monoisotopic (exact) mass is 344 g/mol. The molecule has 2 aliphatic rings. The summed E-state index contributed by atoms with van der Waals surface area (Å²) in [5.41, 5.74) is 1.88. The molecule has 0 aliphatic carbocycles. The van der Waals surface area contributed by atoms with Gasteiger partial charge in [0.2, 0.25) is 0 Å². The van der Waals surface area contributed by atoms with Gasteiger partial charge in [0.05, 0.1) is 36.3 Å². The molecule has 0 radical (unpaired) electrons. The molecule has 1 aromatic carbocycles. The van der Waals surface area contributed by atoms with Gasteiger partial charge >= 0.3 is 6.03 Å². The number of aromatic amines is 1. The van der Waals surface area contributed by atoms with Crippen LogP contribution < -0.4 is 5.32 Å². The maximum Gasteiger partial charge on any atom is 0.318 e. The van der Waals surface area contributed by atoms with Gasteiger partial charge in [-0.1, -0.05) is 12.1 Å². The molecule has 0 bridgehead atoms. The van der Waals surface area contributed by atoms with Gasteiger partial charge in [-0.25, -0.2) is 9.78 Å². The summed E-state index contributed by atoms with van der Waals surface area (Å²) in [5, 5.41) is 3.03. The number of hydrogen-bond donors (Lipinski definition) is 2. The van der Waals surface area contributed by atoms with E-state index in [0.29, 0.717) is 19.7 Å². The smallest absolute Gasteiger partial charge is 0.318 e. The normalized spacial score (nSPS) is 25.2. The minimum atomic E-state index is -0.191. The molecule has 0 spiro atoms. The van der Waals surface area contributed by atoms with E-state index >= 15 is 0 Å². The van der Waals surface area contributed by atoms with Crippen molar-refractivity contribution in [3.8, 4) is 0 Å². The van der Waals surface area contributed by atoms with Crippen molar-refractivity contribution in [2.24, 2.45) is 0 Å². The molecule has 3 heterocycles. The zero-order valence-electron chi connectivity index (χ0n) is 14.4. The Morgan fingerprint density at radius 3 is 2.96 bits per heavy atom. The first-order valence-corrected chi connectivity index (χ1v) is 8.94. The lowest BCUT2D eigenvalue weighted by molar-refractivity contribution is -0.0850. The highest BCUT2D eigenvalue weighted by molar-refractivity contribution is 5.76. The van der Waals surface area contributed by atoms with Gasteiger partial charge in [-0.2, -0.15) is 0 Å². The summed E-state index contributed by atoms with van der Waals surface area (Å²) in [6.45, 7) is 4.45. The quantitative estimate of drug-likeness (QED) is 0.895. The Morgan fingerprint density at radius 2 is 2.16 bits per heavy atom. The number of rotatable bonds is 3. The van der Waals surface area contributed by atoms with E-state index in [4.69, 9.17) is 9.47 Å². The molecule has 134 valence electrons. The highest BCUT2D eigenvalue weighted by Crippen LogP contribution is 2.21. The molecule has 2 amide bonds. The number of urea groups is 1. The Morgan fingerprint density at radius 1 is 1.32 bits per heavy atom. The molecule has 4 rings (SSSR count). The van der Waals surface area contributed by atoms with Crippen molar-refractivity contribution in [2.45, 2.75) is 38.0 Å². The SMILES string of the molecule is CC(NC(=O)N1CCOC(C2CCCO2)C1)c1nc2ccccc2[nH]1. The third-order valence-electron chi connectivity index (χ3n) is 4.92. The number of H-pyrrole nitrogens is 1. The van der Waals surface area contributed by atoms with Gasteiger partial charge in [0.1, 0.15) is 11.9 Å². The fourth-order valence-electron chi connectivity index (χ4n) is 3.50. The number of nitrogens with zero attached hydrogens (tertiary/aromatic N) is 2. The van der Waals surface area contributed by atoms with Crippen LogP contribution in [0.25, 0.3) is 11.0 Å². The first-order chi connectivity index (χ1) is 12.2. The number of hydrogen-bond acceptors (Lipinski definition) is 4. The second kappa shape index (κ2) is 7.01. The molecular formula is C18H24N4O3. The van der Waals surface area contributed by atoms with Crippen LogP contribution in [0.4, 0.5) is 4.79 Å². The number of nitrogens with one attached hydrogen (secondary N) is 2. The number of carbonyl (C=O) groups is 1. The lowest BCUT2D eigenvalue weighted by Gasteiger charge is -2.35. The van der Waals surface area contributed by atoms with Crippen LogP contribution in [0.1, 0.15) is 31.6 Å². The summed E-state index contributed by atoms with van der Waals surface area (Å²) >= 11 is 0. The number of fused-ring (bicyclic) bond motifs is 1. The minimum Gasteiger partial charge on any atom is -0.375 e. The van der Waals surface area contributed by atoms with Gasteiger partial charge < -0.3 is 24.7 Å². The van der Waals surface area contributed by atoms with Crippen LogP contribution in [-0.2, 0) is 9.47 Å². The highest BCUT2D eigenvalue weighted by atomic mass is 16.5. The summed E-state index contributed by atoms with van der Waals surface area (Å²) < 4.78 is 11.5. The number of ether oxygens (including phenoxy) is 2. The summed E-state index contributed by atoms with van der Waals surface area (Å²) in [6.07, 6.45) is 2.17. The molecule has 2 fully saturated rings. The fraction of sp³-hybridized carbons (Fsp3) is 0.556. The van der Waals surface area contributed by atoms with Crippen LogP contribution in [0.3, 0.4) is 0 Å². The maximum atomic E-state index is 12.6. The summed E-state index contributed by atoms with van der Waals surface area (Å²) in [4.78, 5) is 22.3. The third-order valence-corrected chi connectivity index (χ3v) is 4.92. The van der Waals surface area contributed by atoms with Gasteiger partial charge in [0.25, 0.3) is 0 Å². The van der Waals surface area contributed by atoms with Crippen molar-refractivity contribution in [3.63, 3.8) is 0 Å². The number of para-hydroxylation sites is 2. The van der Waals surface area contributed by atoms with E-state index in [1.807, 2.05) is 36.1 Å². The molecule has 3 unspecified atom stereocenters. The van der Waals surface area contributed by atoms with E-state index in [-0.39, 0.29) is 24.3 Å². The maximum absolute atomic E-state index is 12.6. The van der Waals surface area contributed by atoms with Gasteiger partial charge in [-0.3, -0.25) is 0 Å². The van der Waals surface area contributed by atoms with Gasteiger partial charge in [-0.05, 0) is 31.9 Å². The molecular weight excluding hydrogens is 320 g/mol. The Labute approximate surface area is 146 Å². The van der Waals surface area contributed by atoms with E-state index in [2.05, 4.69) is 15.3 Å². The first-order valence-electron chi connectivity index (χ1n) is 8.94. The van der Waals surface area contributed by atoms with E-state index in [1.165, 1.54) is 0 Å². The van der Waals surface area contributed by atoms with Gasteiger partial charge in [0, 0.05) is 13.2 Å². The van der Waals surface area contributed by atoms with Gasteiger partial charge in [-0.15, -0.1) is 0 Å². The molecule has 2 aliphatic heterocycles. The van der Waals surface area contributed by atoms with E-state index in [9.17, 15) is 4.79 Å². The second-order valence-corrected chi connectivity index (χ2v) is 6.72. The number of carbonyl (C=O) groups excluding carboxylic acids is 1. The topological polar surface area (TPSA) is 79.5 Å². The zero-order chi connectivity index (χ0) is 17.2. The van der Waals surface area contributed by atoms with E-state index in [1.54, 1.807) is 0 Å². The van der Waals surface area contributed by atoms with Crippen LogP contribution in [0.5, 0.6) is 0 Å². The predicted octanol–water partition coefficient (Wildman–Crippen LogP) is 2.21. The van der Waals surface area contributed by atoms with E-state index < -0.39 is 0 Å². The van der Waals surface area contributed by atoms with Crippen molar-refractivity contribution in [1.82, 2.24) is 20.2 Å². The highest BCUT2D eigenvalue weighted by Gasteiger charge is 2.33. The Hall–Kier alpha value is -2.12. The molecule has 0 saturated carbocycles. The Kier molecular flexibility index (Phi) is 4.59. The lowest BCUT2D eigenvalue weighted by Crippen LogP contribution is -2.53. The molecule has 7 nitrogen and oxygen atoms in total. The first kappa shape index (κ1) is 16.4. The second-order valence-electron chi connectivity index (χ2n) is 6.72. The van der Waals surface area contributed by atoms with Crippen molar-refractivity contribution < 1.29 is 14.3 Å². The molecule has 1 aromatic heterocycles. The Bertz CT molecular complexity index is 708. The average molecular weight is 344 g/mol. The molecule has 7 heteroatoms. The number of aromatic nitrogens is 2. The van der Waals surface area contributed by atoms with Crippen LogP contribution >= 0.6 is 0 Å². The zero-order valence-corrected chi connectivity index (χ0v) is 14.4. The molecule has 3 atom stereocenters.